The highest BCUT2D eigenvalue weighted by Crippen LogP contribution is 2.34. The first-order valence-electron chi connectivity index (χ1n) is 5.96. The molecule has 0 aromatic heterocycles. The molecular formula is C15H14INO3. The second kappa shape index (κ2) is 7.14. The minimum Gasteiger partial charge on any atom is -0.493 e. The van der Waals surface area contributed by atoms with Crippen LogP contribution < -0.4 is 9.47 Å². The highest BCUT2D eigenvalue weighted by Gasteiger charge is 2.11. The maximum Gasteiger partial charge on any atom is 0.174 e. The molecule has 0 unspecified atom stereocenters. The molecule has 0 spiro atoms. The van der Waals surface area contributed by atoms with Crippen LogP contribution in [0.1, 0.15) is 11.1 Å². The summed E-state index contributed by atoms with van der Waals surface area (Å²) in [5.74, 6) is 1.30. The first-order valence-corrected chi connectivity index (χ1v) is 7.04. The average molecular weight is 383 g/mol. The summed E-state index contributed by atoms with van der Waals surface area (Å²) < 4.78 is 12.1. The molecule has 5 heteroatoms. The van der Waals surface area contributed by atoms with E-state index in [2.05, 4.69) is 27.7 Å². The Labute approximate surface area is 131 Å². The van der Waals surface area contributed by atoms with Crippen LogP contribution in [0, 0.1) is 3.57 Å². The number of hydrogen-bond acceptors (Lipinski definition) is 4. The quantitative estimate of drug-likeness (QED) is 0.371. The van der Waals surface area contributed by atoms with Crippen molar-refractivity contribution in [3.05, 3.63) is 57.2 Å². The van der Waals surface area contributed by atoms with Crippen LogP contribution in [-0.2, 0) is 6.61 Å². The number of nitrogens with zero attached hydrogens (tertiary/aromatic N) is 1. The summed E-state index contributed by atoms with van der Waals surface area (Å²) in [6, 6.07) is 13.6. The topological polar surface area (TPSA) is 51.0 Å². The van der Waals surface area contributed by atoms with E-state index in [1.54, 1.807) is 13.2 Å². The third-order valence-electron chi connectivity index (χ3n) is 2.68. The predicted molar refractivity (Wildman–Crippen MR) is 85.9 cm³/mol. The second-order valence-electron chi connectivity index (χ2n) is 4.05. The van der Waals surface area contributed by atoms with Gasteiger partial charge in [0.2, 0.25) is 0 Å². The number of ether oxygens (including phenoxy) is 2. The molecule has 2 aromatic carbocycles. The summed E-state index contributed by atoms with van der Waals surface area (Å²) in [5, 5.41) is 11.6. The van der Waals surface area contributed by atoms with Gasteiger partial charge in [0.1, 0.15) is 6.61 Å². The van der Waals surface area contributed by atoms with E-state index in [0.717, 1.165) is 14.7 Å². The van der Waals surface area contributed by atoms with E-state index in [0.29, 0.717) is 18.1 Å². The molecule has 2 rings (SSSR count). The van der Waals surface area contributed by atoms with Gasteiger partial charge in [0, 0.05) is 5.56 Å². The molecule has 0 fully saturated rings. The first-order chi connectivity index (χ1) is 9.74. The lowest BCUT2D eigenvalue weighted by atomic mass is 10.2. The van der Waals surface area contributed by atoms with Gasteiger partial charge in [-0.3, -0.25) is 0 Å². The SMILES string of the molecule is COc1cc(C=NO)cc(I)c1OCc1ccccc1. The molecule has 0 radical (unpaired) electrons. The minimum absolute atomic E-state index is 0.473. The Bertz CT molecular complexity index is 600. The fourth-order valence-electron chi connectivity index (χ4n) is 1.75. The molecule has 4 nitrogen and oxygen atoms in total. The summed E-state index contributed by atoms with van der Waals surface area (Å²) in [7, 11) is 1.58. The molecule has 0 aliphatic carbocycles. The molecule has 104 valence electrons. The zero-order valence-corrected chi connectivity index (χ0v) is 13.1. The van der Waals surface area contributed by atoms with Gasteiger partial charge in [-0.2, -0.15) is 0 Å². The highest BCUT2D eigenvalue weighted by molar-refractivity contribution is 14.1. The van der Waals surface area contributed by atoms with Crippen LogP contribution >= 0.6 is 22.6 Å². The predicted octanol–water partition coefficient (Wildman–Crippen LogP) is 3.69. The van der Waals surface area contributed by atoms with Crippen LogP contribution in [0.2, 0.25) is 0 Å². The van der Waals surface area contributed by atoms with E-state index < -0.39 is 0 Å². The fraction of sp³-hybridized carbons (Fsp3) is 0.133. The van der Waals surface area contributed by atoms with Crippen molar-refractivity contribution in [1.29, 1.82) is 0 Å². The van der Waals surface area contributed by atoms with Gasteiger partial charge in [-0.05, 0) is 40.3 Å². The molecule has 0 heterocycles. The van der Waals surface area contributed by atoms with Crippen molar-refractivity contribution < 1.29 is 14.7 Å². The minimum atomic E-state index is 0.473. The Morgan fingerprint density at radius 1 is 1.25 bits per heavy atom. The standard InChI is InChI=1S/C15H14INO3/c1-19-14-8-12(9-17-18)7-13(16)15(14)20-10-11-5-3-2-4-6-11/h2-9,18H,10H2,1H3. The van der Waals surface area contributed by atoms with Gasteiger partial charge in [0.05, 0.1) is 16.9 Å². The molecule has 0 saturated heterocycles. The van der Waals surface area contributed by atoms with E-state index in [9.17, 15) is 0 Å². The Kier molecular flexibility index (Phi) is 5.23. The maximum absolute atomic E-state index is 8.59. The van der Waals surface area contributed by atoms with E-state index in [4.69, 9.17) is 14.7 Å². The van der Waals surface area contributed by atoms with Crippen molar-refractivity contribution in [2.45, 2.75) is 6.61 Å². The number of oxime groups is 1. The summed E-state index contributed by atoms with van der Waals surface area (Å²) in [6.45, 7) is 0.473. The van der Waals surface area contributed by atoms with Crippen LogP contribution in [0.25, 0.3) is 0 Å². The molecule has 20 heavy (non-hydrogen) atoms. The molecule has 0 aliphatic heterocycles. The number of benzene rings is 2. The summed E-state index contributed by atoms with van der Waals surface area (Å²) in [4.78, 5) is 0. The van der Waals surface area contributed by atoms with Gasteiger partial charge in [-0.25, -0.2) is 0 Å². The van der Waals surface area contributed by atoms with Crippen LogP contribution in [0.3, 0.4) is 0 Å². The van der Waals surface area contributed by atoms with Crippen LogP contribution in [0.4, 0.5) is 0 Å². The summed E-state index contributed by atoms with van der Waals surface area (Å²) in [6.07, 6.45) is 1.35. The molecular weight excluding hydrogens is 369 g/mol. The van der Waals surface area contributed by atoms with Crippen molar-refractivity contribution >= 4 is 28.8 Å². The van der Waals surface area contributed by atoms with Crippen molar-refractivity contribution in [2.75, 3.05) is 7.11 Å². The van der Waals surface area contributed by atoms with Crippen molar-refractivity contribution in [2.24, 2.45) is 5.16 Å². The van der Waals surface area contributed by atoms with Gasteiger partial charge < -0.3 is 14.7 Å². The normalized spacial score (nSPS) is 10.7. The largest absolute Gasteiger partial charge is 0.493 e. The van der Waals surface area contributed by atoms with Gasteiger partial charge in [0.25, 0.3) is 0 Å². The average Bonchev–Trinajstić information content (AvgIpc) is 2.47. The van der Waals surface area contributed by atoms with Crippen molar-refractivity contribution in [1.82, 2.24) is 0 Å². The molecule has 0 saturated carbocycles. The first kappa shape index (κ1) is 14.6. The lowest BCUT2D eigenvalue weighted by Gasteiger charge is -2.13. The van der Waals surface area contributed by atoms with E-state index in [1.807, 2.05) is 36.4 Å². The number of halogens is 1. The monoisotopic (exact) mass is 383 g/mol. The zero-order chi connectivity index (χ0) is 14.4. The Hall–Kier alpha value is -1.76. The van der Waals surface area contributed by atoms with Gasteiger partial charge in [-0.15, -0.1) is 0 Å². The fourth-order valence-corrected chi connectivity index (χ4v) is 2.53. The van der Waals surface area contributed by atoms with Crippen LogP contribution in [-0.4, -0.2) is 18.5 Å². The number of methoxy groups -OCH3 is 1. The Balaban J connectivity index is 2.22. The van der Waals surface area contributed by atoms with Gasteiger partial charge >= 0.3 is 0 Å². The zero-order valence-electron chi connectivity index (χ0n) is 10.9. The van der Waals surface area contributed by atoms with E-state index in [-0.39, 0.29) is 0 Å². The van der Waals surface area contributed by atoms with Crippen LogP contribution in [0.15, 0.2) is 47.6 Å². The molecule has 0 bridgehead atoms. The molecule has 0 amide bonds. The lowest BCUT2D eigenvalue weighted by Crippen LogP contribution is -2.00. The smallest absolute Gasteiger partial charge is 0.174 e. The summed E-state index contributed by atoms with van der Waals surface area (Å²) >= 11 is 2.17. The molecule has 1 N–H and O–H groups in total. The molecule has 2 aromatic rings. The Morgan fingerprint density at radius 2 is 2.00 bits per heavy atom. The highest BCUT2D eigenvalue weighted by atomic mass is 127. The summed E-state index contributed by atoms with van der Waals surface area (Å²) in [5.41, 5.74) is 1.84. The van der Waals surface area contributed by atoms with E-state index in [1.165, 1.54) is 6.21 Å². The van der Waals surface area contributed by atoms with Gasteiger partial charge in [0.15, 0.2) is 11.5 Å². The van der Waals surface area contributed by atoms with Gasteiger partial charge in [-0.1, -0.05) is 35.5 Å². The lowest BCUT2D eigenvalue weighted by molar-refractivity contribution is 0.282. The van der Waals surface area contributed by atoms with E-state index >= 15 is 0 Å². The van der Waals surface area contributed by atoms with Crippen LogP contribution in [0.5, 0.6) is 11.5 Å². The molecule has 0 aliphatic rings. The maximum atomic E-state index is 8.59. The van der Waals surface area contributed by atoms with Crippen molar-refractivity contribution in [3.63, 3.8) is 0 Å². The number of hydrogen-bond donors (Lipinski definition) is 1. The van der Waals surface area contributed by atoms with Crippen molar-refractivity contribution in [3.8, 4) is 11.5 Å². The third-order valence-corrected chi connectivity index (χ3v) is 3.49. The Morgan fingerprint density at radius 3 is 2.65 bits per heavy atom. The second-order valence-corrected chi connectivity index (χ2v) is 5.22. The third kappa shape index (κ3) is 3.63. The number of rotatable bonds is 5. The molecule has 0 atom stereocenters.